The molecule has 0 bridgehead atoms. The molecule has 0 aliphatic rings. The maximum Gasteiger partial charge on any atom is 0.279 e. The Morgan fingerprint density at radius 1 is 0.643 bits per heavy atom. The van der Waals surface area contributed by atoms with E-state index in [9.17, 15) is 9.59 Å². The summed E-state index contributed by atoms with van der Waals surface area (Å²) in [5.41, 5.74) is 2.63. The van der Waals surface area contributed by atoms with Crippen LogP contribution in [0.1, 0.15) is 0 Å². The van der Waals surface area contributed by atoms with E-state index in [-0.39, 0.29) is 11.1 Å². The lowest BCUT2D eigenvalue weighted by Gasteiger charge is -2.15. The highest BCUT2D eigenvalue weighted by Crippen LogP contribution is 2.45. The number of aromatic nitrogens is 4. The fraction of sp³-hybridized carbons (Fsp3) is 0. The van der Waals surface area contributed by atoms with Crippen molar-refractivity contribution < 1.29 is 0 Å². The highest BCUT2D eigenvalue weighted by Gasteiger charge is 2.24. The highest BCUT2D eigenvalue weighted by molar-refractivity contribution is 9.11. The zero-order valence-electron chi connectivity index (χ0n) is 13.8. The summed E-state index contributed by atoms with van der Waals surface area (Å²) >= 11 is 7.16. The van der Waals surface area contributed by atoms with Gasteiger partial charge in [-0.2, -0.15) is 0 Å². The third-order valence-electron chi connectivity index (χ3n) is 5.69. The summed E-state index contributed by atoms with van der Waals surface area (Å²) < 4.78 is 1.53. The van der Waals surface area contributed by atoms with Gasteiger partial charge in [-0.05, 0) is 44.0 Å². The lowest BCUT2D eigenvalue weighted by atomic mass is 9.93. The minimum atomic E-state index is -0.246. The number of fused-ring (bicyclic) bond motifs is 2. The number of pyridine rings is 2. The first-order valence-electron chi connectivity index (χ1n) is 8.49. The molecule has 7 rings (SSSR count). The van der Waals surface area contributed by atoms with E-state index in [2.05, 4.69) is 51.8 Å². The second-order valence-corrected chi connectivity index (χ2v) is 8.71. The zero-order valence-corrected chi connectivity index (χ0v) is 16.9. The number of hydrogen-bond donors (Lipinski definition) is 2. The molecule has 3 aromatic carbocycles. The Balaban J connectivity index is 1.98. The first kappa shape index (κ1) is 15.1. The average molecular weight is 494 g/mol. The fourth-order valence-electron chi connectivity index (χ4n) is 4.60. The van der Waals surface area contributed by atoms with Crippen molar-refractivity contribution in [2.45, 2.75) is 0 Å². The predicted octanol–water partition coefficient (Wildman–Crippen LogP) is 4.61. The molecule has 0 aliphatic carbocycles. The van der Waals surface area contributed by atoms with Crippen LogP contribution < -0.4 is 11.1 Å². The molecule has 0 fully saturated rings. The highest BCUT2D eigenvalue weighted by atomic mass is 79.9. The van der Waals surface area contributed by atoms with Gasteiger partial charge in [0.2, 0.25) is 0 Å². The molecule has 4 heterocycles. The van der Waals surface area contributed by atoms with E-state index in [1.807, 2.05) is 12.1 Å². The molecule has 132 valence electrons. The molecule has 4 aromatic heterocycles. The van der Waals surface area contributed by atoms with Crippen molar-refractivity contribution in [2.75, 3.05) is 0 Å². The minimum absolute atomic E-state index is 0.246. The Morgan fingerprint density at radius 2 is 1.07 bits per heavy atom. The number of nitrogens with one attached hydrogen (secondary N) is 2. The summed E-state index contributed by atoms with van der Waals surface area (Å²) in [6.07, 6.45) is 3.44. The monoisotopic (exact) mass is 492 g/mol. The van der Waals surface area contributed by atoms with Crippen LogP contribution in [0.4, 0.5) is 0 Å². The number of benzene rings is 3. The Kier molecular flexibility index (Phi) is 2.48. The summed E-state index contributed by atoms with van der Waals surface area (Å²) in [5.74, 6) is 0. The number of hydrogen-bond acceptors (Lipinski definition) is 4. The topological polar surface area (TPSA) is 91.5 Å². The van der Waals surface area contributed by atoms with Gasteiger partial charge < -0.3 is 9.97 Å². The van der Waals surface area contributed by atoms with Crippen molar-refractivity contribution in [3.05, 3.63) is 54.2 Å². The Labute approximate surface area is 170 Å². The van der Waals surface area contributed by atoms with Gasteiger partial charge in [-0.3, -0.25) is 9.59 Å². The number of nitrogens with zero attached hydrogens (tertiary/aromatic N) is 2. The Hall–Kier alpha value is -2.84. The molecule has 6 nitrogen and oxygen atoms in total. The largest absolute Gasteiger partial charge is 0.360 e. The Bertz CT molecular complexity index is 1750. The number of rotatable bonds is 0. The maximum atomic E-state index is 12.4. The summed E-state index contributed by atoms with van der Waals surface area (Å²) in [7, 11) is 0. The smallest absolute Gasteiger partial charge is 0.279 e. The van der Waals surface area contributed by atoms with Crippen LogP contribution in [0.15, 0.2) is 43.1 Å². The molecule has 0 amide bonds. The summed E-state index contributed by atoms with van der Waals surface area (Å²) in [6.45, 7) is 0. The van der Waals surface area contributed by atoms with Crippen molar-refractivity contribution in [2.24, 2.45) is 0 Å². The lowest BCUT2D eigenvalue weighted by Crippen LogP contribution is -1.98. The molecule has 0 aliphatic heterocycles. The second kappa shape index (κ2) is 4.59. The van der Waals surface area contributed by atoms with E-state index < -0.39 is 0 Å². The first-order valence-corrected chi connectivity index (χ1v) is 10.1. The molecule has 0 atom stereocenters. The minimum Gasteiger partial charge on any atom is -0.360 e. The molecular weight excluding hydrogens is 488 g/mol. The predicted molar refractivity (Wildman–Crippen MR) is 117 cm³/mol. The van der Waals surface area contributed by atoms with Crippen LogP contribution in [0.25, 0.3) is 65.2 Å². The van der Waals surface area contributed by atoms with Gasteiger partial charge in [0.1, 0.15) is 0 Å². The third-order valence-corrected chi connectivity index (χ3v) is 6.90. The van der Waals surface area contributed by atoms with Crippen molar-refractivity contribution >= 4 is 97.0 Å². The van der Waals surface area contributed by atoms with Crippen LogP contribution in [0.5, 0.6) is 0 Å². The third kappa shape index (κ3) is 1.50. The summed E-state index contributed by atoms with van der Waals surface area (Å²) in [6, 6.07) is 3.96. The molecule has 0 spiro atoms. The molecule has 0 unspecified atom stereocenters. The molecule has 7 aromatic rings. The van der Waals surface area contributed by atoms with E-state index in [0.29, 0.717) is 21.8 Å². The van der Waals surface area contributed by atoms with Gasteiger partial charge in [0, 0.05) is 53.7 Å². The van der Waals surface area contributed by atoms with E-state index in [1.54, 1.807) is 12.4 Å². The summed E-state index contributed by atoms with van der Waals surface area (Å²) in [4.78, 5) is 39.8. The van der Waals surface area contributed by atoms with Crippen LogP contribution in [0, 0.1) is 0 Å². The van der Waals surface area contributed by atoms with Crippen LogP contribution in [0.3, 0.4) is 0 Å². The maximum absolute atomic E-state index is 12.4. The van der Waals surface area contributed by atoms with Gasteiger partial charge in [-0.15, -0.1) is 0 Å². The zero-order chi connectivity index (χ0) is 18.9. The number of halogens is 2. The van der Waals surface area contributed by atoms with Crippen LogP contribution >= 0.6 is 31.9 Å². The fourth-order valence-corrected chi connectivity index (χ4v) is 5.63. The van der Waals surface area contributed by atoms with E-state index in [0.717, 1.165) is 52.3 Å². The van der Waals surface area contributed by atoms with E-state index in [1.165, 1.54) is 0 Å². The standard InChI is InChI=1S/C20H6Br2N4O2/c21-9-1-5-11-13-7(19(27)25-17(9)13)4-24-16(11)6-2-10(22)18-14-8(20(28)26-18)3-23-15(5)12(6)14/h1-4,23-24H. The number of aromatic amines is 2. The lowest BCUT2D eigenvalue weighted by molar-refractivity contribution is 1.37. The molecule has 0 saturated heterocycles. The van der Waals surface area contributed by atoms with Crippen LogP contribution in [-0.2, 0) is 0 Å². The van der Waals surface area contributed by atoms with Crippen molar-refractivity contribution in [1.29, 1.82) is 0 Å². The Morgan fingerprint density at radius 3 is 1.50 bits per heavy atom. The quantitative estimate of drug-likeness (QED) is 0.238. The van der Waals surface area contributed by atoms with E-state index >= 15 is 0 Å². The van der Waals surface area contributed by atoms with Gasteiger partial charge in [0.25, 0.3) is 11.1 Å². The van der Waals surface area contributed by atoms with Crippen molar-refractivity contribution in [3.63, 3.8) is 0 Å². The molecular formula is C20H6Br2N4O2. The van der Waals surface area contributed by atoms with Crippen LogP contribution in [0.2, 0.25) is 0 Å². The molecule has 28 heavy (non-hydrogen) atoms. The van der Waals surface area contributed by atoms with Crippen LogP contribution in [-0.4, -0.2) is 19.9 Å². The normalized spacial score (nSPS) is 12.9. The first-order chi connectivity index (χ1) is 13.5. The molecule has 8 heteroatoms. The van der Waals surface area contributed by atoms with Crippen molar-refractivity contribution in [1.82, 2.24) is 19.9 Å². The summed E-state index contributed by atoms with van der Waals surface area (Å²) in [5, 5.41) is 6.63. The second-order valence-electron chi connectivity index (χ2n) is 7.00. The van der Waals surface area contributed by atoms with E-state index in [4.69, 9.17) is 0 Å². The molecule has 0 radical (unpaired) electrons. The SMILES string of the molecule is O=c1nc2c(Br)cc3c4[nH]cc5c(=O)nc6c(Br)cc(c7[nH]cc1c2c37)c4c65. The molecule has 2 N–H and O–H groups in total. The van der Waals surface area contributed by atoms with Crippen molar-refractivity contribution in [3.8, 4) is 0 Å². The number of H-pyrrole nitrogens is 2. The van der Waals surface area contributed by atoms with Gasteiger partial charge in [-0.25, -0.2) is 9.97 Å². The van der Waals surface area contributed by atoms with Gasteiger partial charge >= 0.3 is 0 Å². The van der Waals surface area contributed by atoms with Gasteiger partial charge in [0.05, 0.1) is 32.8 Å². The van der Waals surface area contributed by atoms with Gasteiger partial charge in [-0.1, -0.05) is 0 Å². The average Bonchev–Trinajstić information content (AvgIpc) is 3.21. The molecule has 0 saturated carbocycles. The van der Waals surface area contributed by atoms with Gasteiger partial charge in [0.15, 0.2) is 0 Å².